The van der Waals surface area contributed by atoms with Gasteiger partial charge in [-0.2, -0.15) is 0 Å². The summed E-state index contributed by atoms with van der Waals surface area (Å²) in [6.07, 6.45) is 4.44. The molecule has 1 aromatic carbocycles. The normalized spacial score (nSPS) is 10.4. The first kappa shape index (κ1) is 15.9. The molecule has 0 unspecified atom stereocenters. The Labute approximate surface area is 119 Å². The summed E-state index contributed by atoms with van der Waals surface area (Å²) >= 11 is 0. The number of hydrogen-bond donors (Lipinski definition) is 2. The van der Waals surface area contributed by atoms with Gasteiger partial charge in [0.1, 0.15) is 0 Å². The number of aliphatic imine (C=N–C) groups is 1. The number of hydrogen-bond acceptors (Lipinski definition) is 3. The van der Waals surface area contributed by atoms with Crippen LogP contribution in [0, 0.1) is 0 Å². The average molecular weight is 275 g/mol. The molecule has 0 saturated carbocycles. The van der Waals surface area contributed by atoms with Crippen molar-refractivity contribution in [1.29, 1.82) is 0 Å². The minimum atomic E-state index is -0.0443. The van der Waals surface area contributed by atoms with Crippen LogP contribution >= 0.6 is 0 Å². The Morgan fingerprint density at radius 2 is 2.00 bits per heavy atom. The standard InChI is InChI=1S/C15H21N3O2/c1-2-3-8-18-15(20)14-6-4-13(5-7-14)11-16-9-10-17-12-19/h4-7,11-12H,2-3,8-10H2,1H3,(H,17,19)(H,18,20). The van der Waals surface area contributed by atoms with Crippen molar-refractivity contribution in [2.45, 2.75) is 19.8 Å². The Hall–Kier alpha value is -2.17. The first-order valence-corrected chi connectivity index (χ1v) is 6.83. The first-order valence-electron chi connectivity index (χ1n) is 6.83. The molecule has 0 radical (unpaired) electrons. The Morgan fingerprint density at radius 3 is 2.65 bits per heavy atom. The van der Waals surface area contributed by atoms with Gasteiger partial charge in [-0.15, -0.1) is 0 Å². The smallest absolute Gasteiger partial charge is 0.251 e. The van der Waals surface area contributed by atoms with Crippen molar-refractivity contribution in [2.75, 3.05) is 19.6 Å². The van der Waals surface area contributed by atoms with Crippen LogP contribution in [0.4, 0.5) is 0 Å². The highest BCUT2D eigenvalue weighted by atomic mass is 16.1. The van der Waals surface area contributed by atoms with Crippen molar-refractivity contribution in [3.8, 4) is 0 Å². The zero-order valence-corrected chi connectivity index (χ0v) is 11.8. The number of carbonyl (C=O) groups is 2. The Morgan fingerprint density at radius 1 is 1.25 bits per heavy atom. The molecule has 0 aliphatic carbocycles. The zero-order valence-electron chi connectivity index (χ0n) is 11.8. The van der Waals surface area contributed by atoms with E-state index in [1.165, 1.54) is 0 Å². The molecule has 0 heterocycles. The van der Waals surface area contributed by atoms with E-state index in [1.807, 2.05) is 12.1 Å². The molecule has 20 heavy (non-hydrogen) atoms. The molecule has 0 aliphatic rings. The molecular formula is C15H21N3O2. The molecule has 0 fully saturated rings. The molecule has 0 aromatic heterocycles. The van der Waals surface area contributed by atoms with E-state index in [1.54, 1.807) is 18.3 Å². The maximum absolute atomic E-state index is 11.8. The third kappa shape index (κ3) is 6.13. The van der Waals surface area contributed by atoms with Gasteiger partial charge in [-0.25, -0.2) is 0 Å². The van der Waals surface area contributed by atoms with Gasteiger partial charge in [-0.3, -0.25) is 14.6 Å². The lowest BCUT2D eigenvalue weighted by Gasteiger charge is -2.04. The predicted octanol–water partition coefficient (Wildman–Crippen LogP) is 1.38. The highest BCUT2D eigenvalue weighted by Gasteiger charge is 2.03. The summed E-state index contributed by atoms with van der Waals surface area (Å²) < 4.78 is 0. The lowest BCUT2D eigenvalue weighted by atomic mass is 10.1. The fourth-order valence-electron chi connectivity index (χ4n) is 1.56. The largest absolute Gasteiger partial charge is 0.357 e. The highest BCUT2D eigenvalue weighted by Crippen LogP contribution is 2.02. The third-order valence-electron chi connectivity index (χ3n) is 2.70. The van der Waals surface area contributed by atoms with Gasteiger partial charge in [0.15, 0.2) is 0 Å². The van der Waals surface area contributed by atoms with E-state index in [2.05, 4.69) is 22.5 Å². The van der Waals surface area contributed by atoms with Crippen LogP contribution in [-0.2, 0) is 4.79 Å². The van der Waals surface area contributed by atoms with Crippen LogP contribution in [0.5, 0.6) is 0 Å². The van der Waals surface area contributed by atoms with Gasteiger partial charge >= 0.3 is 0 Å². The van der Waals surface area contributed by atoms with E-state index in [9.17, 15) is 9.59 Å². The van der Waals surface area contributed by atoms with Crippen LogP contribution in [0.3, 0.4) is 0 Å². The quantitative estimate of drug-likeness (QED) is 0.406. The summed E-state index contributed by atoms with van der Waals surface area (Å²) in [6, 6.07) is 7.27. The second-order valence-corrected chi connectivity index (χ2v) is 4.34. The minimum absolute atomic E-state index is 0.0443. The van der Waals surface area contributed by atoms with Gasteiger partial charge in [-0.1, -0.05) is 25.5 Å². The molecule has 0 aliphatic heterocycles. The average Bonchev–Trinajstić information content (AvgIpc) is 2.48. The predicted molar refractivity (Wildman–Crippen MR) is 80.2 cm³/mol. The summed E-state index contributed by atoms with van der Waals surface area (Å²) in [4.78, 5) is 26.0. The summed E-state index contributed by atoms with van der Waals surface area (Å²) in [6.45, 7) is 3.86. The third-order valence-corrected chi connectivity index (χ3v) is 2.70. The molecule has 0 saturated heterocycles. The zero-order chi connectivity index (χ0) is 14.6. The van der Waals surface area contributed by atoms with Crippen molar-refractivity contribution in [3.05, 3.63) is 35.4 Å². The lowest BCUT2D eigenvalue weighted by molar-refractivity contribution is -0.109. The maximum atomic E-state index is 11.8. The van der Waals surface area contributed by atoms with Crippen molar-refractivity contribution < 1.29 is 9.59 Å². The monoisotopic (exact) mass is 275 g/mol. The van der Waals surface area contributed by atoms with E-state index < -0.39 is 0 Å². The van der Waals surface area contributed by atoms with Crippen molar-refractivity contribution in [2.24, 2.45) is 4.99 Å². The number of carbonyl (C=O) groups excluding carboxylic acids is 2. The molecule has 0 atom stereocenters. The van der Waals surface area contributed by atoms with Crippen LogP contribution in [-0.4, -0.2) is 38.2 Å². The lowest BCUT2D eigenvalue weighted by Crippen LogP contribution is -2.24. The Bertz CT molecular complexity index is 441. The van der Waals surface area contributed by atoms with Gasteiger partial charge in [0.25, 0.3) is 5.91 Å². The Balaban J connectivity index is 2.43. The van der Waals surface area contributed by atoms with E-state index in [0.717, 1.165) is 18.4 Å². The number of amides is 2. The fraction of sp³-hybridized carbons (Fsp3) is 0.400. The summed E-state index contributed by atoms with van der Waals surface area (Å²) in [5.74, 6) is -0.0443. The van der Waals surface area contributed by atoms with Gasteiger partial charge in [0, 0.05) is 24.9 Å². The second-order valence-electron chi connectivity index (χ2n) is 4.34. The molecule has 0 bridgehead atoms. The number of rotatable bonds is 9. The van der Waals surface area contributed by atoms with Crippen LogP contribution < -0.4 is 10.6 Å². The molecule has 2 amide bonds. The van der Waals surface area contributed by atoms with Crippen LogP contribution in [0.25, 0.3) is 0 Å². The molecule has 108 valence electrons. The molecular weight excluding hydrogens is 254 g/mol. The molecule has 0 spiro atoms. The Kier molecular flexibility index (Phi) is 7.72. The van der Waals surface area contributed by atoms with E-state index in [-0.39, 0.29) is 5.91 Å². The maximum Gasteiger partial charge on any atom is 0.251 e. The number of benzene rings is 1. The van der Waals surface area contributed by atoms with Crippen molar-refractivity contribution in [3.63, 3.8) is 0 Å². The highest BCUT2D eigenvalue weighted by molar-refractivity contribution is 5.95. The number of unbranched alkanes of at least 4 members (excludes halogenated alkanes) is 1. The van der Waals surface area contributed by atoms with Crippen LogP contribution in [0.2, 0.25) is 0 Å². The van der Waals surface area contributed by atoms with Crippen LogP contribution in [0.1, 0.15) is 35.7 Å². The molecule has 2 N–H and O–H groups in total. The van der Waals surface area contributed by atoms with Gasteiger partial charge < -0.3 is 10.6 Å². The summed E-state index contributed by atoms with van der Waals surface area (Å²) in [5, 5.41) is 5.41. The SMILES string of the molecule is CCCCNC(=O)c1ccc(C=NCCNC=O)cc1. The fourth-order valence-corrected chi connectivity index (χ4v) is 1.56. The van der Waals surface area contributed by atoms with Crippen molar-refractivity contribution >= 4 is 18.5 Å². The second kappa shape index (κ2) is 9.72. The van der Waals surface area contributed by atoms with Crippen LogP contribution in [0.15, 0.2) is 29.3 Å². The topological polar surface area (TPSA) is 70.6 Å². The molecule has 5 nitrogen and oxygen atoms in total. The first-order chi connectivity index (χ1) is 9.77. The van der Waals surface area contributed by atoms with Crippen molar-refractivity contribution in [1.82, 2.24) is 10.6 Å². The minimum Gasteiger partial charge on any atom is -0.357 e. The van der Waals surface area contributed by atoms with Gasteiger partial charge in [-0.05, 0) is 24.1 Å². The number of nitrogens with one attached hydrogen (secondary N) is 2. The van der Waals surface area contributed by atoms with E-state index in [4.69, 9.17) is 0 Å². The van der Waals surface area contributed by atoms with E-state index in [0.29, 0.717) is 31.6 Å². The molecule has 1 rings (SSSR count). The number of nitrogens with zero attached hydrogens (tertiary/aromatic N) is 1. The summed E-state index contributed by atoms with van der Waals surface area (Å²) in [5.41, 5.74) is 1.59. The summed E-state index contributed by atoms with van der Waals surface area (Å²) in [7, 11) is 0. The molecule has 5 heteroatoms. The molecule has 1 aromatic rings. The van der Waals surface area contributed by atoms with E-state index >= 15 is 0 Å². The van der Waals surface area contributed by atoms with Gasteiger partial charge in [0.2, 0.25) is 6.41 Å². The van der Waals surface area contributed by atoms with Gasteiger partial charge in [0.05, 0.1) is 6.54 Å².